The van der Waals surface area contributed by atoms with E-state index >= 15 is 0 Å². The van der Waals surface area contributed by atoms with E-state index in [1.165, 1.54) is 0 Å². The number of hydrogen-bond donors (Lipinski definition) is 0. The summed E-state index contributed by atoms with van der Waals surface area (Å²) in [5.74, 6) is 0.306. The molecule has 2 aromatic carbocycles. The third-order valence-corrected chi connectivity index (χ3v) is 6.29. The van der Waals surface area contributed by atoms with Gasteiger partial charge in [-0.05, 0) is 63.5 Å². The Bertz CT molecular complexity index is 1270. The van der Waals surface area contributed by atoms with Crippen LogP contribution in [0.1, 0.15) is 54.8 Å². The lowest BCUT2D eigenvalue weighted by Gasteiger charge is -2.20. The van der Waals surface area contributed by atoms with Crippen molar-refractivity contribution in [2.75, 3.05) is 13.1 Å². The molecule has 176 valence electrons. The van der Waals surface area contributed by atoms with Gasteiger partial charge in [-0.1, -0.05) is 50.1 Å². The van der Waals surface area contributed by atoms with Crippen LogP contribution in [0.2, 0.25) is 0 Å². The zero-order valence-corrected chi connectivity index (χ0v) is 19.9. The van der Waals surface area contributed by atoms with Crippen molar-refractivity contribution in [3.8, 4) is 5.69 Å². The minimum Gasteiger partial charge on any atom is -0.298 e. The van der Waals surface area contributed by atoms with Gasteiger partial charge in [-0.25, -0.2) is 4.98 Å². The zero-order valence-electron chi connectivity index (χ0n) is 19.9. The van der Waals surface area contributed by atoms with Gasteiger partial charge in [0.15, 0.2) is 5.69 Å². The smallest absolute Gasteiger partial charge is 0.298 e. The van der Waals surface area contributed by atoms with Crippen LogP contribution >= 0.6 is 0 Å². The van der Waals surface area contributed by atoms with Crippen LogP contribution in [0.3, 0.4) is 0 Å². The highest BCUT2D eigenvalue weighted by atomic mass is 19.4. The highest BCUT2D eigenvalue weighted by Gasteiger charge is 2.39. The Labute approximate surface area is 192 Å². The van der Waals surface area contributed by atoms with E-state index in [1.54, 1.807) is 4.40 Å². The zero-order chi connectivity index (χ0) is 23.9. The van der Waals surface area contributed by atoms with E-state index in [-0.39, 0.29) is 12.2 Å². The van der Waals surface area contributed by atoms with E-state index in [9.17, 15) is 13.2 Å². The second-order valence-electron chi connectivity index (χ2n) is 8.83. The number of hydrogen-bond acceptors (Lipinski definition) is 2. The first-order chi connectivity index (χ1) is 15.7. The summed E-state index contributed by atoms with van der Waals surface area (Å²) in [5.41, 5.74) is 5.00. The van der Waals surface area contributed by atoms with Crippen molar-refractivity contribution in [3.05, 3.63) is 64.5 Å². The summed E-state index contributed by atoms with van der Waals surface area (Å²) in [7, 11) is 0. The maximum Gasteiger partial charge on any atom is 0.435 e. The molecule has 0 amide bonds. The summed E-state index contributed by atoms with van der Waals surface area (Å²) in [5, 5.41) is 0. The lowest BCUT2D eigenvalue weighted by atomic mass is 10.0. The Morgan fingerprint density at radius 3 is 2.18 bits per heavy atom. The van der Waals surface area contributed by atoms with E-state index in [4.69, 9.17) is 0 Å². The van der Waals surface area contributed by atoms with Crippen LogP contribution in [-0.2, 0) is 12.7 Å². The molecule has 0 N–H and O–H groups in total. The highest BCUT2D eigenvalue weighted by Crippen LogP contribution is 2.37. The van der Waals surface area contributed by atoms with E-state index in [2.05, 4.69) is 28.9 Å². The van der Waals surface area contributed by atoms with E-state index < -0.39 is 11.9 Å². The number of aromatic nitrogens is 3. The number of fused-ring (bicyclic) bond motifs is 3. The van der Waals surface area contributed by atoms with Crippen molar-refractivity contribution in [3.63, 3.8) is 0 Å². The third kappa shape index (κ3) is 4.14. The van der Waals surface area contributed by atoms with Gasteiger partial charge in [0.2, 0.25) is 5.78 Å². The van der Waals surface area contributed by atoms with Gasteiger partial charge in [0.05, 0.1) is 22.4 Å². The molecule has 0 fully saturated rings. The molecule has 0 spiro atoms. The van der Waals surface area contributed by atoms with Crippen LogP contribution in [0.25, 0.3) is 22.5 Å². The summed E-state index contributed by atoms with van der Waals surface area (Å²) < 4.78 is 46.2. The Morgan fingerprint density at radius 2 is 1.61 bits per heavy atom. The van der Waals surface area contributed by atoms with Gasteiger partial charge in [-0.2, -0.15) is 13.2 Å². The van der Waals surface area contributed by atoms with Crippen molar-refractivity contribution in [2.45, 2.75) is 60.2 Å². The SMILES string of the molecule is CCCCN(CC)Cc1c(C(F)(F)F)nc2n(-c3c(C)cc(C)cc3C)c3ccccc3n12. The molecular formula is C26H31F3N4. The van der Waals surface area contributed by atoms with Gasteiger partial charge < -0.3 is 0 Å². The fraction of sp³-hybridized carbons (Fsp3) is 0.423. The van der Waals surface area contributed by atoms with Crippen molar-refractivity contribution in [1.29, 1.82) is 0 Å². The summed E-state index contributed by atoms with van der Waals surface area (Å²) in [6.45, 7) is 11.7. The molecule has 4 rings (SSSR count). The molecule has 2 heterocycles. The van der Waals surface area contributed by atoms with Crippen LogP contribution < -0.4 is 0 Å². The van der Waals surface area contributed by atoms with Crippen molar-refractivity contribution in [1.82, 2.24) is 18.9 Å². The second kappa shape index (κ2) is 8.86. The molecule has 0 radical (unpaired) electrons. The predicted octanol–water partition coefficient (Wildman–Crippen LogP) is 6.84. The molecule has 0 aliphatic rings. The van der Waals surface area contributed by atoms with E-state index in [0.717, 1.165) is 52.8 Å². The van der Waals surface area contributed by atoms with E-state index in [1.807, 2.05) is 56.5 Å². The van der Waals surface area contributed by atoms with Gasteiger partial charge in [-0.3, -0.25) is 13.9 Å². The number of rotatable bonds is 7. The average Bonchev–Trinajstić information content (AvgIpc) is 3.26. The quantitative estimate of drug-likeness (QED) is 0.304. The van der Waals surface area contributed by atoms with Gasteiger partial charge in [0.1, 0.15) is 0 Å². The molecule has 0 aliphatic carbocycles. The van der Waals surface area contributed by atoms with Crippen LogP contribution in [-0.4, -0.2) is 31.9 Å². The average molecular weight is 457 g/mol. The molecule has 0 saturated carbocycles. The standard InChI is InChI=1S/C26H31F3N4/c1-6-8-13-31(7-2)16-22-24(26(27,28)29)30-25-32(22)20-11-9-10-12-21(20)33(25)23-18(4)14-17(3)15-19(23)5/h9-12,14-15H,6-8,13,16H2,1-5H3. The normalized spacial score (nSPS) is 12.5. The van der Waals surface area contributed by atoms with Crippen molar-refractivity contribution in [2.24, 2.45) is 0 Å². The number of unbranched alkanes of at least 4 members (excludes halogenated alkanes) is 1. The van der Waals surface area contributed by atoms with Gasteiger partial charge in [0.25, 0.3) is 0 Å². The molecule has 0 saturated heterocycles. The van der Waals surface area contributed by atoms with Gasteiger partial charge in [-0.15, -0.1) is 0 Å². The van der Waals surface area contributed by atoms with Crippen molar-refractivity contribution >= 4 is 16.8 Å². The molecule has 7 heteroatoms. The Morgan fingerprint density at radius 1 is 0.970 bits per heavy atom. The third-order valence-electron chi connectivity index (χ3n) is 6.29. The van der Waals surface area contributed by atoms with Gasteiger partial charge >= 0.3 is 6.18 Å². The topological polar surface area (TPSA) is 25.5 Å². The number of halogens is 3. The first-order valence-corrected chi connectivity index (χ1v) is 11.6. The fourth-order valence-electron chi connectivity index (χ4n) is 4.85. The largest absolute Gasteiger partial charge is 0.435 e. The van der Waals surface area contributed by atoms with Gasteiger partial charge in [0, 0.05) is 6.54 Å². The predicted molar refractivity (Wildman–Crippen MR) is 127 cm³/mol. The first-order valence-electron chi connectivity index (χ1n) is 11.6. The summed E-state index contributed by atoms with van der Waals surface area (Å²) in [6, 6.07) is 11.7. The van der Waals surface area contributed by atoms with Crippen LogP contribution in [0.5, 0.6) is 0 Å². The highest BCUT2D eigenvalue weighted by molar-refractivity contribution is 5.85. The Balaban J connectivity index is 2.07. The number of imidazole rings is 2. The summed E-state index contributed by atoms with van der Waals surface area (Å²) in [6.07, 6.45) is -2.59. The molecule has 0 aliphatic heterocycles. The molecule has 4 aromatic rings. The molecular weight excluding hydrogens is 425 g/mol. The maximum absolute atomic E-state index is 14.2. The van der Waals surface area contributed by atoms with E-state index in [0.29, 0.717) is 12.3 Å². The second-order valence-corrected chi connectivity index (χ2v) is 8.83. The van der Waals surface area contributed by atoms with Crippen molar-refractivity contribution < 1.29 is 13.2 Å². The van der Waals surface area contributed by atoms with Crippen LogP contribution in [0, 0.1) is 20.8 Å². The lowest BCUT2D eigenvalue weighted by molar-refractivity contribution is -0.141. The number of benzene rings is 2. The molecule has 0 bridgehead atoms. The number of para-hydroxylation sites is 2. The molecule has 0 unspecified atom stereocenters. The number of alkyl halides is 3. The summed E-state index contributed by atoms with van der Waals surface area (Å²) in [4.78, 5) is 6.31. The molecule has 0 atom stereocenters. The van der Waals surface area contributed by atoms with Crippen LogP contribution in [0.15, 0.2) is 36.4 Å². The number of aryl methyl sites for hydroxylation is 3. The minimum atomic E-state index is -4.53. The Kier molecular flexibility index (Phi) is 6.27. The summed E-state index contributed by atoms with van der Waals surface area (Å²) >= 11 is 0. The monoisotopic (exact) mass is 456 g/mol. The number of nitrogens with zero attached hydrogens (tertiary/aromatic N) is 4. The first kappa shape index (κ1) is 23.4. The van der Waals surface area contributed by atoms with Crippen LogP contribution in [0.4, 0.5) is 13.2 Å². The Hall–Kier alpha value is -2.80. The fourth-order valence-corrected chi connectivity index (χ4v) is 4.85. The minimum absolute atomic E-state index is 0.201. The molecule has 2 aromatic heterocycles. The molecule has 33 heavy (non-hydrogen) atoms. The molecule has 4 nitrogen and oxygen atoms in total. The lowest BCUT2D eigenvalue weighted by Crippen LogP contribution is -2.26. The maximum atomic E-state index is 14.2.